The summed E-state index contributed by atoms with van der Waals surface area (Å²) in [5, 5.41) is 0. The lowest BCUT2D eigenvalue weighted by molar-refractivity contribution is -0.113. The Morgan fingerprint density at radius 3 is 1.66 bits per heavy atom. The number of unbranched alkanes of at least 4 members (excludes halogenated alkanes) is 2. The Balaban J connectivity index is 1.67. The van der Waals surface area contributed by atoms with E-state index in [4.69, 9.17) is 9.47 Å². The number of nitrogens with zero attached hydrogens (tertiary/aromatic N) is 1. The summed E-state index contributed by atoms with van der Waals surface area (Å²) in [4.78, 5) is 16.2. The molecule has 198 valence electrons. The summed E-state index contributed by atoms with van der Waals surface area (Å²) in [7, 11) is 0. The predicted octanol–water partition coefficient (Wildman–Crippen LogP) is 7.60. The highest BCUT2D eigenvalue weighted by Crippen LogP contribution is 2.29. The summed E-state index contributed by atoms with van der Waals surface area (Å²) in [6.45, 7) is 7.59. The molecule has 1 aliphatic heterocycles. The summed E-state index contributed by atoms with van der Waals surface area (Å²) >= 11 is 0. The van der Waals surface area contributed by atoms with Crippen LogP contribution >= 0.6 is 0 Å². The number of carbonyl (C=O) groups is 1. The second-order valence-corrected chi connectivity index (χ2v) is 9.78. The third-order valence-electron chi connectivity index (χ3n) is 6.63. The molecular formula is C34H39NO3. The minimum atomic E-state index is 0.0843. The van der Waals surface area contributed by atoms with Crippen molar-refractivity contribution in [2.75, 3.05) is 26.3 Å². The average molecular weight is 510 g/mol. The van der Waals surface area contributed by atoms with E-state index >= 15 is 0 Å². The molecule has 3 aromatic carbocycles. The van der Waals surface area contributed by atoms with E-state index in [1.165, 1.54) is 5.56 Å². The van der Waals surface area contributed by atoms with Crippen LogP contribution < -0.4 is 9.47 Å². The molecular weight excluding hydrogens is 470 g/mol. The number of ketones is 1. The molecule has 4 heteroatoms. The van der Waals surface area contributed by atoms with E-state index in [0.29, 0.717) is 26.3 Å². The molecule has 0 aromatic heterocycles. The summed E-state index contributed by atoms with van der Waals surface area (Å²) in [5.41, 5.74) is 4.66. The van der Waals surface area contributed by atoms with Crippen LogP contribution in [0.25, 0.3) is 12.2 Å². The van der Waals surface area contributed by atoms with Crippen molar-refractivity contribution in [3.05, 3.63) is 107 Å². The molecule has 0 N–H and O–H groups in total. The van der Waals surface area contributed by atoms with Crippen molar-refractivity contribution >= 4 is 17.9 Å². The van der Waals surface area contributed by atoms with Gasteiger partial charge in [0.05, 0.1) is 13.2 Å². The molecule has 0 amide bonds. The largest absolute Gasteiger partial charge is 0.493 e. The highest BCUT2D eigenvalue weighted by atomic mass is 16.5. The van der Waals surface area contributed by atoms with Gasteiger partial charge >= 0.3 is 0 Å². The van der Waals surface area contributed by atoms with Gasteiger partial charge in [-0.15, -0.1) is 0 Å². The van der Waals surface area contributed by atoms with E-state index < -0.39 is 0 Å². The van der Waals surface area contributed by atoms with E-state index in [-0.39, 0.29) is 5.78 Å². The average Bonchev–Trinajstić information content (AvgIpc) is 2.94. The standard InChI is InChI=1S/C34H39NO3/c1-3-5-20-37-32-18-12-10-16-28(32)22-30-25-35(24-27-14-8-7-9-15-27)26-31(34(30)36)23-29-17-11-13-19-33(29)38-21-6-4-2/h7-19,22-23H,3-6,20-21,24-26H2,1-2H3/b30-22+,31-23+. The van der Waals surface area contributed by atoms with Crippen LogP contribution in [0.15, 0.2) is 90.0 Å². The summed E-state index contributed by atoms with van der Waals surface area (Å²) in [5.74, 6) is 1.73. The molecule has 1 saturated heterocycles. The molecule has 1 aliphatic rings. The maximum Gasteiger partial charge on any atom is 0.187 e. The molecule has 1 heterocycles. The lowest BCUT2D eigenvalue weighted by Gasteiger charge is -2.30. The van der Waals surface area contributed by atoms with Crippen LogP contribution in [0, 0.1) is 0 Å². The van der Waals surface area contributed by atoms with Crippen LogP contribution in [0.5, 0.6) is 11.5 Å². The number of piperidine rings is 1. The quantitative estimate of drug-likeness (QED) is 0.186. The van der Waals surface area contributed by atoms with Gasteiger partial charge in [0.25, 0.3) is 0 Å². The first-order chi connectivity index (χ1) is 18.7. The second-order valence-electron chi connectivity index (χ2n) is 9.78. The summed E-state index contributed by atoms with van der Waals surface area (Å²) in [6, 6.07) is 26.4. The van der Waals surface area contributed by atoms with Crippen molar-refractivity contribution in [3.8, 4) is 11.5 Å². The van der Waals surface area contributed by atoms with Crippen LogP contribution in [0.4, 0.5) is 0 Å². The van der Waals surface area contributed by atoms with Crippen LogP contribution in [-0.2, 0) is 11.3 Å². The number of ether oxygens (including phenoxy) is 2. The Hall–Kier alpha value is -3.63. The number of Topliss-reactive ketones (excluding diaryl/α,β-unsaturated/α-hetero) is 1. The number of benzene rings is 3. The van der Waals surface area contributed by atoms with Crippen LogP contribution in [0.3, 0.4) is 0 Å². The first kappa shape index (κ1) is 27.4. The lowest BCUT2D eigenvalue weighted by atomic mass is 9.93. The van der Waals surface area contributed by atoms with Gasteiger partial charge in [0.1, 0.15) is 11.5 Å². The van der Waals surface area contributed by atoms with Gasteiger partial charge in [-0.1, -0.05) is 93.4 Å². The van der Waals surface area contributed by atoms with Gasteiger partial charge in [-0.05, 0) is 42.7 Å². The molecule has 0 atom stereocenters. The molecule has 38 heavy (non-hydrogen) atoms. The second kappa shape index (κ2) is 14.3. The Morgan fingerprint density at radius 2 is 1.16 bits per heavy atom. The molecule has 1 fully saturated rings. The van der Waals surface area contributed by atoms with Crippen molar-refractivity contribution in [2.24, 2.45) is 0 Å². The number of hydrogen-bond donors (Lipinski definition) is 0. The smallest absolute Gasteiger partial charge is 0.187 e. The molecule has 0 bridgehead atoms. The van der Waals surface area contributed by atoms with Gasteiger partial charge in [-0.2, -0.15) is 0 Å². The zero-order valence-corrected chi connectivity index (χ0v) is 22.7. The fourth-order valence-corrected chi connectivity index (χ4v) is 4.55. The SMILES string of the molecule is CCCCOc1ccccc1/C=C1\CN(Cc2ccccc2)C/C(=C\c2ccccc2OCCCC)C1=O. The number of rotatable bonds is 12. The number of likely N-dealkylation sites (tertiary alicyclic amines) is 1. The normalized spacial score (nSPS) is 16.2. The van der Waals surface area contributed by atoms with E-state index in [1.54, 1.807) is 0 Å². The zero-order valence-electron chi connectivity index (χ0n) is 22.7. The van der Waals surface area contributed by atoms with Crippen molar-refractivity contribution in [1.29, 1.82) is 0 Å². The minimum absolute atomic E-state index is 0.0843. The van der Waals surface area contributed by atoms with Crippen molar-refractivity contribution < 1.29 is 14.3 Å². The van der Waals surface area contributed by atoms with Crippen molar-refractivity contribution in [2.45, 2.75) is 46.1 Å². The molecule has 0 unspecified atom stereocenters. The first-order valence-corrected chi connectivity index (χ1v) is 13.8. The highest BCUT2D eigenvalue weighted by Gasteiger charge is 2.27. The zero-order chi connectivity index (χ0) is 26.6. The third kappa shape index (κ3) is 7.69. The van der Waals surface area contributed by atoms with Gasteiger partial charge in [-0.3, -0.25) is 9.69 Å². The number of para-hydroxylation sites is 2. The molecule has 4 nitrogen and oxygen atoms in total. The predicted molar refractivity (Wildman–Crippen MR) is 156 cm³/mol. The Kier molecular flexibility index (Phi) is 10.3. The number of hydrogen-bond acceptors (Lipinski definition) is 4. The maximum absolute atomic E-state index is 13.8. The van der Waals surface area contributed by atoms with E-state index in [2.05, 4.69) is 43.0 Å². The van der Waals surface area contributed by atoms with Gasteiger partial charge < -0.3 is 9.47 Å². The van der Waals surface area contributed by atoms with Gasteiger partial charge in [-0.25, -0.2) is 0 Å². The minimum Gasteiger partial charge on any atom is -0.493 e. The topological polar surface area (TPSA) is 38.8 Å². The lowest BCUT2D eigenvalue weighted by Crippen LogP contribution is -2.37. The summed E-state index contributed by atoms with van der Waals surface area (Å²) < 4.78 is 12.1. The first-order valence-electron chi connectivity index (χ1n) is 13.8. The Morgan fingerprint density at radius 1 is 0.684 bits per heavy atom. The van der Waals surface area contributed by atoms with Gasteiger partial charge in [0, 0.05) is 41.9 Å². The molecule has 0 saturated carbocycles. The monoisotopic (exact) mass is 509 g/mol. The fraction of sp³-hybridized carbons (Fsp3) is 0.324. The number of carbonyl (C=O) groups excluding carboxylic acids is 1. The van der Waals surface area contributed by atoms with E-state index in [0.717, 1.165) is 66.0 Å². The highest BCUT2D eigenvalue weighted by molar-refractivity contribution is 6.14. The molecule has 0 aliphatic carbocycles. The molecule has 4 rings (SSSR count). The Bertz CT molecular complexity index is 1170. The fourth-order valence-electron chi connectivity index (χ4n) is 4.55. The third-order valence-corrected chi connectivity index (χ3v) is 6.63. The van der Waals surface area contributed by atoms with Gasteiger partial charge in [0.2, 0.25) is 0 Å². The molecule has 0 spiro atoms. The van der Waals surface area contributed by atoms with Crippen molar-refractivity contribution in [1.82, 2.24) is 4.90 Å². The van der Waals surface area contributed by atoms with E-state index in [9.17, 15) is 4.79 Å². The van der Waals surface area contributed by atoms with Crippen molar-refractivity contribution in [3.63, 3.8) is 0 Å². The van der Waals surface area contributed by atoms with Crippen LogP contribution in [0.1, 0.15) is 56.2 Å². The van der Waals surface area contributed by atoms with Gasteiger partial charge in [0.15, 0.2) is 5.78 Å². The maximum atomic E-state index is 13.8. The van der Waals surface area contributed by atoms with Crippen LogP contribution in [0.2, 0.25) is 0 Å². The summed E-state index contributed by atoms with van der Waals surface area (Å²) in [6.07, 6.45) is 8.18. The van der Waals surface area contributed by atoms with Crippen LogP contribution in [-0.4, -0.2) is 37.0 Å². The Labute approximate surface area is 227 Å². The molecule has 0 radical (unpaired) electrons. The van der Waals surface area contributed by atoms with E-state index in [1.807, 2.05) is 66.7 Å². The molecule has 3 aromatic rings.